The zero-order chi connectivity index (χ0) is 21.9. The predicted molar refractivity (Wildman–Crippen MR) is 114 cm³/mol. The van der Waals surface area contributed by atoms with Crippen molar-refractivity contribution in [2.24, 2.45) is 0 Å². The molecule has 3 atom stereocenters. The van der Waals surface area contributed by atoms with Crippen molar-refractivity contribution in [3.8, 4) is 5.75 Å². The molecule has 2 aliphatic rings. The lowest BCUT2D eigenvalue weighted by atomic mass is 10.1. The van der Waals surface area contributed by atoms with E-state index in [0.29, 0.717) is 36.7 Å². The third-order valence-electron chi connectivity index (χ3n) is 5.43. The molecule has 0 radical (unpaired) electrons. The van der Waals surface area contributed by atoms with E-state index in [0.717, 1.165) is 12.8 Å². The molecule has 30 heavy (non-hydrogen) atoms. The number of rotatable bonds is 5. The van der Waals surface area contributed by atoms with Gasteiger partial charge in [-0.15, -0.1) is 0 Å². The maximum absolute atomic E-state index is 13.3. The van der Waals surface area contributed by atoms with Gasteiger partial charge in [0.1, 0.15) is 30.1 Å². The molecule has 0 saturated carbocycles. The van der Waals surface area contributed by atoms with E-state index in [1.165, 1.54) is 4.90 Å². The summed E-state index contributed by atoms with van der Waals surface area (Å²) < 4.78 is 11.1. The minimum absolute atomic E-state index is 0.0799. The van der Waals surface area contributed by atoms with Gasteiger partial charge in [0.25, 0.3) is 0 Å². The lowest BCUT2D eigenvalue weighted by Gasteiger charge is -2.34. The summed E-state index contributed by atoms with van der Waals surface area (Å²) >= 11 is 5.88. The quantitative estimate of drug-likeness (QED) is 0.761. The Balaban J connectivity index is 1.61. The topological polar surface area (TPSA) is 79.3 Å². The maximum atomic E-state index is 13.3. The first-order valence-electron chi connectivity index (χ1n) is 10.5. The monoisotopic (exact) mass is 438 g/mol. The summed E-state index contributed by atoms with van der Waals surface area (Å²) in [6, 6.07) is 6.06. The van der Waals surface area contributed by atoms with E-state index < -0.39 is 23.8 Å². The average molecular weight is 439 g/mol. The Hall–Kier alpha value is -1.99. The molecule has 1 N–H and O–H groups in total. The molecule has 8 heteroatoms. The first-order valence-corrected chi connectivity index (χ1v) is 10.9. The van der Waals surface area contributed by atoms with Gasteiger partial charge in [-0.05, 0) is 70.7 Å². The Bertz CT molecular complexity index is 749. The van der Waals surface area contributed by atoms with Crippen LogP contribution < -0.4 is 4.74 Å². The lowest BCUT2D eigenvalue weighted by Crippen LogP contribution is -2.53. The first kappa shape index (κ1) is 22.7. The Labute approximate surface area is 182 Å². The molecule has 1 aromatic carbocycles. The van der Waals surface area contributed by atoms with Crippen molar-refractivity contribution in [3.63, 3.8) is 0 Å². The molecule has 0 aromatic heterocycles. The molecule has 3 rings (SSSR count). The zero-order valence-corrected chi connectivity index (χ0v) is 18.6. The Morgan fingerprint density at radius 1 is 1.13 bits per heavy atom. The Morgan fingerprint density at radius 2 is 1.77 bits per heavy atom. The molecular formula is C22H31ClN2O5. The number of aliphatic hydroxyl groups is 1. The van der Waals surface area contributed by atoms with Crippen molar-refractivity contribution in [2.75, 3.05) is 19.7 Å². The molecule has 1 aromatic rings. The molecule has 7 nitrogen and oxygen atoms in total. The number of carbonyl (C=O) groups excluding carboxylic acids is 2. The molecule has 2 aliphatic heterocycles. The van der Waals surface area contributed by atoms with Gasteiger partial charge in [-0.1, -0.05) is 11.6 Å². The second-order valence-electron chi connectivity index (χ2n) is 8.91. The van der Waals surface area contributed by atoms with Gasteiger partial charge in [0.15, 0.2) is 0 Å². The van der Waals surface area contributed by atoms with Crippen molar-refractivity contribution in [1.29, 1.82) is 0 Å². The average Bonchev–Trinajstić information content (AvgIpc) is 3.35. The van der Waals surface area contributed by atoms with Crippen LogP contribution in [0.4, 0.5) is 4.79 Å². The third kappa shape index (κ3) is 5.58. The molecular weight excluding hydrogens is 408 g/mol. The van der Waals surface area contributed by atoms with Crippen molar-refractivity contribution in [1.82, 2.24) is 9.80 Å². The van der Waals surface area contributed by atoms with Crippen molar-refractivity contribution in [3.05, 3.63) is 29.3 Å². The number of benzene rings is 1. The Morgan fingerprint density at radius 3 is 2.43 bits per heavy atom. The van der Waals surface area contributed by atoms with Gasteiger partial charge < -0.3 is 19.5 Å². The van der Waals surface area contributed by atoms with E-state index in [2.05, 4.69) is 0 Å². The van der Waals surface area contributed by atoms with Crippen LogP contribution in [0.2, 0.25) is 5.02 Å². The normalized spacial score (nSPS) is 22.8. The number of carbonyl (C=O) groups is 2. The standard InChI is InChI=1S/C22H31ClN2O5/c1-22(2,3)30-21(28)25-13-5-7-18(25)20(27)24-12-4-6-17(24)19(26)14-29-16-10-8-15(23)9-11-16/h8-11,17-19,26H,4-7,12-14H2,1-3H3/t17-,18+,19?/m0/s1. The molecule has 2 amide bonds. The van der Waals surface area contributed by atoms with Crippen LogP contribution in [0, 0.1) is 0 Å². The third-order valence-corrected chi connectivity index (χ3v) is 5.68. The largest absolute Gasteiger partial charge is 0.491 e. The van der Waals surface area contributed by atoms with E-state index in [1.54, 1.807) is 29.2 Å². The van der Waals surface area contributed by atoms with Gasteiger partial charge in [-0.2, -0.15) is 0 Å². The second-order valence-corrected chi connectivity index (χ2v) is 9.34. The molecule has 0 bridgehead atoms. The highest BCUT2D eigenvalue weighted by atomic mass is 35.5. The second kappa shape index (κ2) is 9.43. The summed E-state index contributed by atoms with van der Waals surface area (Å²) in [6.07, 6.45) is 1.61. The van der Waals surface area contributed by atoms with Gasteiger partial charge in [0, 0.05) is 18.1 Å². The minimum atomic E-state index is -0.816. The van der Waals surface area contributed by atoms with Crippen LogP contribution in [0.3, 0.4) is 0 Å². The SMILES string of the molecule is CC(C)(C)OC(=O)N1CCC[C@@H]1C(=O)N1CCC[C@H]1C(O)COc1ccc(Cl)cc1. The van der Waals surface area contributed by atoms with E-state index in [-0.39, 0.29) is 18.6 Å². The van der Waals surface area contributed by atoms with E-state index in [9.17, 15) is 14.7 Å². The van der Waals surface area contributed by atoms with Crippen molar-refractivity contribution < 1.29 is 24.2 Å². The van der Waals surface area contributed by atoms with Gasteiger partial charge >= 0.3 is 6.09 Å². The fourth-order valence-electron chi connectivity index (χ4n) is 4.04. The lowest BCUT2D eigenvalue weighted by molar-refractivity contribution is -0.139. The summed E-state index contributed by atoms with van der Waals surface area (Å²) in [5.41, 5.74) is -0.612. The van der Waals surface area contributed by atoms with Gasteiger partial charge in [0.2, 0.25) is 5.91 Å². The van der Waals surface area contributed by atoms with Crippen LogP contribution in [-0.4, -0.2) is 70.4 Å². The van der Waals surface area contributed by atoms with E-state index >= 15 is 0 Å². The van der Waals surface area contributed by atoms with Crippen LogP contribution >= 0.6 is 11.6 Å². The predicted octanol–water partition coefficient (Wildman–Crippen LogP) is 3.47. The van der Waals surface area contributed by atoms with E-state index in [4.69, 9.17) is 21.1 Å². The highest BCUT2D eigenvalue weighted by molar-refractivity contribution is 6.30. The van der Waals surface area contributed by atoms with Gasteiger partial charge in [0.05, 0.1) is 6.04 Å². The molecule has 2 heterocycles. The number of hydrogen-bond donors (Lipinski definition) is 1. The molecule has 0 spiro atoms. The smallest absolute Gasteiger partial charge is 0.410 e. The highest BCUT2D eigenvalue weighted by Gasteiger charge is 2.43. The summed E-state index contributed by atoms with van der Waals surface area (Å²) in [7, 11) is 0. The van der Waals surface area contributed by atoms with Crippen LogP contribution in [-0.2, 0) is 9.53 Å². The fraction of sp³-hybridized carbons (Fsp3) is 0.636. The molecule has 2 saturated heterocycles. The highest BCUT2D eigenvalue weighted by Crippen LogP contribution is 2.28. The number of hydrogen-bond acceptors (Lipinski definition) is 5. The molecule has 0 aliphatic carbocycles. The Kier molecular flexibility index (Phi) is 7.14. The number of nitrogens with zero attached hydrogens (tertiary/aromatic N) is 2. The summed E-state index contributed by atoms with van der Waals surface area (Å²) in [6.45, 7) is 6.59. The minimum Gasteiger partial charge on any atom is -0.491 e. The van der Waals surface area contributed by atoms with Crippen molar-refractivity contribution in [2.45, 2.75) is 70.2 Å². The summed E-state index contributed by atoms with van der Waals surface area (Å²) in [5.74, 6) is 0.493. The zero-order valence-electron chi connectivity index (χ0n) is 17.8. The maximum Gasteiger partial charge on any atom is 0.410 e. The van der Waals surface area contributed by atoms with E-state index in [1.807, 2.05) is 20.8 Å². The van der Waals surface area contributed by atoms with Crippen molar-refractivity contribution >= 4 is 23.6 Å². The van der Waals surface area contributed by atoms with Crippen LogP contribution in [0.15, 0.2) is 24.3 Å². The first-order chi connectivity index (χ1) is 14.2. The van der Waals surface area contributed by atoms with Gasteiger partial charge in [-0.25, -0.2) is 4.79 Å². The number of amides is 2. The summed E-state index contributed by atoms with van der Waals surface area (Å²) in [5, 5.41) is 11.3. The summed E-state index contributed by atoms with van der Waals surface area (Å²) in [4.78, 5) is 29.0. The molecule has 2 fully saturated rings. The molecule has 166 valence electrons. The number of aliphatic hydroxyl groups excluding tert-OH is 1. The number of ether oxygens (including phenoxy) is 2. The van der Waals surface area contributed by atoms with Crippen LogP contribution in [0.25, 0.3) is 0 Å². The van der Waals surface area contributed by atoms with Crippen LogP contribution in [0.1, 0.15) is 46.5 Å². The van der Waals surface area contributed by atoms with Gasteiger partial charge in [-0.3, -0.25) is 9.69 Å². The fourth-order valence-corrected chi connectivity index (χ4v) is 4.17. The number of likely N-dealkylation sites (tertiary alicyclic amines) is 2. The molecule has 1 unspecified atom stereocenters. The van der Waals surface area contributed by atoms with Crippen LogP contribution in [0.5, 0.6) is 5.75 Å². The number of halogens is 1.